The van der Waals surface area contributed by atoms with E-state index in [1.54, 1.807) is 25.3 Å². The maximum Gasteiger partial charge on any atom is 0.237 e. The van der Waals surface area contributed by atoms with Crippen molar-refractivity contribution < 1.29 is 9.53 Å². The molecule has 0 fully saturated rings. The van der Waals surface area contributed by atoms with E-state index in [1.807, 2.05) is 48.7 Å². The molecule has 1 aromatic heterocycles. The highest BCUT2D eigenvalue weighted by Crippen LogP contribution is 2.30. The Hall–Kier alpha value is -2.51. The van der Waals surface area contributed by atoms with Crippen molar-refractivity contribution in [2.75, 3.05) is 12.4 Å². The molecule has 0 aliphatic heterocycles. The highest BCUT2D eigenvalue weighted by molar-refractivity contribution is 8.00. The van der Waals surface area contributed by atoms with Gasteiger partial charge in [-0.05, 0) is 32.0 Å². The second kappa shape index (κ2) is 9.12. The zero-order valence-electron chi connectivity index (χ0n) is 15.8. The lowest BCUT2D eigenvalue weighted by Crippen LogP contribution is -2.23. The zero-order valence-corrected chi connectivity index (χ0v) is 17.4. The monoisotopic (exact) mass is 416 g/mol. The summed E-state index contributed by atoms with van der Waals surface area (Å²) >= 11 is 7.39. The van der Waals surface area contributed by atoms with E-state index in [0.717, 1.165) is 11.4 Å². The van der Waals surface area contributed by atoms with Gasteiger partial charge in [0.15, 0.2) is 11.0 Å². The number of aromatic nitrogens is 3. The molecule has 8 heteroatoms. The van der Waals surface area contributed by atoms with E-state index in [0.29, 0.717) is 28.2 Å². The zero-order chi connectivity index (χ0) is 20.1. The largest absolute Gasteiger partial charge is 0.495 e. The van der Waals surface area contributed by atoms with Gasteiger partial charge in [-0.15, -0.1) is 10.2 Å². The number of nitrogens with zero attached hydrogens (tertiary/aromatic N) is 3. The number of hydrogen-bond acceptors (Lipinski definition) is 5. The van der Waals surface area contributed by atoms with Crippen molar-refractivity contribution in [3.05, 3.63) is 53.6 Å². The maximum absolute atomic E-state index is 12.7. The average Bonchev–Trinajstić information content (AvgIpc) is 3.11. The summed E-state index contributed by atoms with van der Waals surface area (Å²) in [5.74, 6) is 1.17. The van der Waals surface area contributed by atoms with Gasteiger partial charge >= 0.3 is 0 Å². The summed E-state index contributed by atoms with van der Waals surface area (Å²) in [5, 5.41) is 12.3. The molecule has 0 radical (unpaired) electrons. The summed E-state index contributed by atoms with van der Waals surface area (Å²) < 4.78 is 7.29. The van der Waals surface area contributed by atoms with Crippen LogP contribution >= 0.6 is 23.4 Å². The van der Waals surface area contributed by atoms with Crippen molar-refractivity contribution in [1.82, 2.24) is 14.8 Å². The first-order valence-electron chi connectivity index (χ1n) is 8.83. The number of amides is 1. The van der Waals surface area contributed by atoms with Gasteiger partial charge in [-0.1, -0.05) is 53.7 Å². The fraction of sp³-hybridized carbons (Fsp3) is 0.250. The van der Waals surface area contributed by atoms with E-state index in [1.165, 1.54) is 11.8 Å². The molecule has 28 heavy (non-hydrogen) atoms. The Kier molecular flexibility index (Phi) is 6.59. The number of hydrogen-bond donors (Lipinski definition) is 1. The van der Waals surface area contributed by atoms with Crippen molar-refractivity contribution in [1.29, 1.82) is 0 Å². The third kappa shape index (κ3) is 4.48. The number of benzene rings is 2. The van der Waals surface area contributed by atoms with Crippen molar-refractivity contribution in [3.63, 3.8) is 0 Å². The molecule has 1 N–H and O–H groups in total. The molecule has 0 aliphatic rings. The van der Waals surface area contributed by atoms with Gasteiger partial charge in [0.05, 0.1) is 18.0 Å². The number of carbonyl (C=O) groups is 1. The third-order valence-corrected chi connectivity index (χ3v) is 5.45. The van der Waals surface area contributed by atoms with E-state index in [2.05, 4.69) is 15.5 Å². The van der Waals surface area contributed by atoms with Crippen molar-refractivity contribution in [2.45, 2.75) is 30.8 Å². The van der Waals surface area contributed by atoms with Crippen LogP contribution in [0.25, 0.3) is 11.4 Å². The number of thioether (sulfide) groups is 1. The lowest BCUT2D eigenvalue weighted by atomic mass is 10.2. The van der Waals surface area contributed by atoms with Crippen LogP contribution in [-0.4, -0.2) is 33.0 Å². The first-order valence-corrected chi connectivity index (χ1v) is 10.1. The average molecular weight is 417 g/mol. The summed E-state index contributed by atoms with van der Waals surface area (Å²) in [6, 6.07) is 15.0. The Balaban J connectivity index is 1.76. The fourth-order valence-corrected chi connectivity index (χ4v) is 3.77. The SMILES string of the molecule is CCn1c(S[C@H](C)C(=O)Nc2cc(Cl)ccc2OC)nnc1-c1ccccc1. The van der Waals surface area contributed by atoms with Crippen molar-refractivity contribution in [3.8, 4) is 17.1 Å². The number of methoxy groups -OCH3 is 1. The summed E-state index contributed by atoms with van der Waals surface area (Å²) in [6.45, 7) is 4.56. The van der Waals surface area contributed by atoms with E-state index in [-0.39, 0.29) is 11.2 Å². The molecule has 1 heterocycles. The maximum atomic E-state index is 12.7. The smallest absolute Gasteiger partial charge is 0.237 e. The molecule has 2 aromatic carbocycles. The lowest BCUT2D eigenvalue weighted by molar-refractivity contribution is -0.115. The minimum atomic E-state index is -0.387. The molecule has 0 saturated carbocycles. The first-order chi connectivity index (χ1) is 13.5. The predicted octanol–water partition coefficient (Wildman–Crippen LogP) is 4.75. The Bertz CT molecular complexity index is 962. The minimum absolute atomic E-state index is 0.169. The van der Waals surface area contributed by atoms with Gasteiger partial charge < -0.3 is 14.6 Å². The van der Waals surface area contributed by atoms with Gasteiger partial charge in [-0.25, -0.2) is 0 Å². The lowest BCUT2D eigenvalue weighted by Gasteiger charge is -2.14. The number of ether oxygens (including phenoxy) is 1. The Morgan fingerprint density at radius 3 is 2.68 bits per heavy atom. The molecule has 1 amide bonds. The summed E-state index contributed by atoms with van der Waals surface area (Å²) in [4.78, 5) is 12.7. The normalized spacial score (nSPS) is 11.9. The van der Waals surface area contributed by atoms with Crippen LogP contribution in [0.2, 0.25) is 5.02 Å². The van der Waals surface area contributed by atoms with Crippen molar-refractivity contribution >= 4 is 35.0 Å². The third-order valence-electron chi connectivity index (χ3n) is 4.14. The van der Waals surface area contributed by atoms with Gasteiger partial charge in [-0.2, -0.15) is 0 Å². The highest BCUT2D eigenvalue weighted by Gasteiger charge is 2.21. The van der Waals surface area contributed by atoms with Gasteiger partial charge in [0.1, 0.15) is 5.75 Å². The summed E-state index contributed by atoms with van der Waals surface area (Å²) in [7, 11) is 1.55. The van der Waals surface area contributed by atoms with Gasteiger partial charge in [-0.3, -0.25) is 4.79 Å². The molecular formula is C20H21ClN4O2S. The second-order valence-electron chi connectivity index (χ2n) is 6.01. The van der Waals surface area contributed by atoms with Crippen LogP contribution in [0.1, 0.15) is 13.8 Å². The van der Waals surface area contributed by atoms with E-state index >= 15 is 0 Å². The Morgan fingerprint density at radius 1 is 1.25 bits per heavy atom. The van der Waals surface area contributed by atoms with Gasteiger partial charge in [0, 0.05) is 17.1 Å². The molecule has 0 bridgehead atoms. The molecule has 0 aliphatic carbocycles. The van der Waals surface area contributed by atoms with Gasteiger partial charge in [0.2, 0.25) is 5.91 Å². The molecule has 0 spiro atoms. The first kappa shape index (κ1) is 20.2. The molecule has 1 atom stereocenters. The van der Waals surface area contributed by atoms with E-state index < -0.39 is 0 Å². The molecule has 0 unspecified atom stereocenters. The Morgan fingerprint density at radius 2 is 2.00 bits per heavy atom. The van der Waals surface area contributed by atoms with Crippen LogP contribution < -0.4 is 10.1 Å². The number of carbonyl (C=O) groups excluding carboxylic acids is 1. The van der Waals surface area contributed by atoms with Crippen molar-refractivity contribution in [2.24, 2.45) is 0 Å². The van der Waals surface area contributed by atoms with E-state index in [4.69, 9.17) is 16.3 Å². The fourth-order valence-electron chi connectivity index (χ4n) is 2.69. The van der Waals surface area contributed by atoms with Crippen LogP contribution in [0, 0.1) is 0 Å². The van der Waals surface area contributed by atoms with E-state index in [9.17, 15) is 4.79 Å². The van der Waals surface area contributed by atoms with Crippen LogP contribution in [0.15, 0.2) is 53.7 Å². The predicted molar refractivity (Wildman–Crippen MR) is 113 cm³/mol. The molecule has 6 nitrogen and oxygen atoms in total. The van der Waals surface area contributed by atoms with Crippen LogP contribution in [0.3, 0.4) is 0 Å². The topological polar surface area (TPSA) is 69.0 Å². The Labute approximate surface area is 173 Å². The molecule has 3 aromatic rings. The second-order valence-corrected chi connectivity index (χ2v) is 7.75. The number of halogens is 1. The number of rotatable bonds is 7. The van der Waals surface area contributed by atoms with Crippen LogP contribution in [0.4, 0.5) is 5.69 Å². The van der Waals surface area contributed by atoms with Crippen LogP contribution in [0.5, 0.6) is 5.75 Å². The minimum Gasteiger partial charge on any atom is -0.495 e. The molecule has 146 valence electrons. The number of nitrogens with one attached hydrogen (secondary N) is 1. The molecule has 3 rings (SSSR count). The standard InChI is InChI=1S/C20H21ClN4O2S/c1-4-25-18(14-8-6-5-7-9-14)23-24-20(25)28-13(2)19(26)22-16-12-15(21)10-11-17(16)27-3/h5-13H,4H2,1-3H3,(H,22,26)/t13-/m1/s1. The van der Waals surface area contributed by atoms with Gasteiger partial charge in [0.25, 0.3) is 0 Å². The quantitative estimate of drug-likeness (QED) is 0.563. The molecule has 0 saturated heterocycles. The van der Waals surface area contributed by atoms with Crippen LogP contribution in [-0.2, 0) is 11.3 Å². The summed E-state index contributed by atoms with van der Waals surface area (Å²) in [6.07, 6.45) is 0. The number of anilines is 1. The highest BCUT2D eigenvalue weighted by atomic mass is 35.5. The summed E-state index contributed by atoms with van der Waals surface area (Å²) in [5.41, 5.74) is 1.53. The molecular weight excluding hydrogens is 396 g/mol.